The minimum absolute atomic E-state index is 0.141. The van der Waals surface area contributed by atoms with Gasteiger partial charge in [0.1, 0.15) is 11.9 Å². The average Bonchev–Trinajstić information content (AvgIpc) is 2.70. The molecular weight excluding hydrogens is 286 g/mol. The third-order valence-corrected chi connectivity index (χ3v) is 3.06. The van der Waals surface area contributed by atoms with Crippen LogP contribution in [0.4, 0.5) is 0 Å². The molecule has 2 rings (SSSR count). The molecule has 1 heterocycles. The number of methoxy groups -OCH3 is 1. The van der Waals surface area contributed by atoms with Crippen molar-refractivity contribution in [3.8, 4) is 5.75 Å². The third kappa shape index (κ3) is 3.67. The van der Waals surface area contributed by atoms with Crippen molar-refractivity contribution < 1.29 is 14.3 Å². The Kier molecular flexibility index (Phi) is 4.79. The zero-order valence-electron chi connectivity index (χ0n) is 9.74. The van der Waals surface area contributed by atoms with E-state index in [0.717, 1.165) is 16.6 Å². The summed E-state index contributed by atoms with van der Waals surface area (Å²) < 4.78 is 11.7. The molecule has 4 nitrogen and oxygen atoms in total. The van der Waals surface area contributed by atoms with Crippen LogP contribution in [0.25, 0.3) is 0 Å². The molecule has 0 saturated heterocycles. The van der Waals surface area contributed by atoms with Crippen LogP contribution in [-0.2, 0) is 16.0 Å². The molecule has 1 aromatic carbocycles. The number of hydroxylamine groups is 1. The van der Waals surface area contributed by atoms with Crippen molar-refractivity contribution in [2.45, 2.75) is 12.5 Å². The minimum Gasteiger partial charge on any atom is -0.488 e. The van der Waals surface area contributed by atoms with Crippen LogP contribution in [0.3, 0.4) is 0 Å². The first-order valence-electron chi connectivity index (χ1n) is 5.58. The van der Waals surface area contributed by atoms with Gasteiger partial charge in [-0.1, -0.05) is 15.9 Å². The standard InChI is InChI=1S/C12H16BrNO3/c1-15-4-5-16-14-8-11-7-9-6-10(13)2-3-12(9)17-11/h2-3,6,11,14H,4-5,7-8H2,1H3. The molecule has 0 saturated carbocycles. The van der Waals surface area contributed by atoms with Gasteiger partial charge in [0.25, 0.3) is 0 Å². The van der Waals surface area contributed by atoms with Crippen molar-refractivity contribution in [2.75, 3.05) is 26.9 Å². The van der Waals surface area contributed by atoms with E-state index in [1.165, 1.54) is 5.56 Å². The predicted molar refractivity (Wildman–Crippen MR) is 68.1 cm³/mol. The second-order valence-corrected chi connectivity index (χ2v) is 4.80. The summed E-state index contributed by atoms with van der Waals surface area (Å²) in [6.45, 7) is 1.81. The first-order chi connectivity index (χ1) is 8.29. The van der Waals surface area contributed by atoms with Gasteiger partial charge in [-0.05, 0) is 23.8 Å². The van der Waals surface area contributed by atoms with E-state index in [2.05, 4.69) is 27.5 Å². The van der Waals surface area contributed by atoms with E-state index in [1.807, 2.05) is 12.1 Å². The lowest BCUT2D eigenvalue weighted by atomic mass is 10.1. The average molecular weight is 302 g/mol. The maximum atomic E-state index is 5.77. The molecule has 0 bridgehead atoms. The molecule has 5 heteroatoms. The number of nitrogens with one attached hydrogen (secondary N) is 1. The molecule has 0 radical (unpaired) electrons. The van der Waals surface area contributed by atoms with Crippen molar-refractivity contribution in [3.63, 3.8) is 0 Å². The fourth-order valence-electron chi connectivity index (χ4n) is 1.75. The molecule has 1 N–H and O–H groups in total. The Balaban J connectivity index is 1.73. The molecule has 0 aromatic heterocycles. The quantitative estimate of drug-likeness (QED) is 0.644. The number of rotatable bonds is 6. The fourth-order valence-corrected chi connectivity index (χ4v) is 2.16. The Morgan fingerprint density at radius 2 is 2.35 bits per heavy atom. The van der Waals surface area contributed by atoms with Crippen LogP contribution in [0, 0.1) is 0 Å². The highest BCUT2D eigenvalue weighted by Crippen LogP contribution is 2.30. The third-order valence-electron chi connectivity index (χ3n) is 2.57. The monoisotopic (exact) mass is 301 g/mol. The minimum atomic E-state index is 0.141. The molecule has 1 aromatic rings. The number of hydrogen-bond donors (Lipinski definition) is 1. The van der Waals surface area contributed by atoms with Crippen molar-refractivity contribution in [1.29, 1.82) is 0 Å². The maximum absolute atomic E-state index is 5.77. The number of benzene rings is 1. The van der Waals surface area contributed by atoms with E-state index >= 15 is 0 Å². The normalized spacial score (nSPS) is 17.9. The Morgan fingerprint density at radius 1 is 1.47 bits per heavy atom. The first kappa shape index (κ1) is 12.8. The Hall–Kier alpha value is -0.620. The van der Waals surface area contributed by atoms with Crippen molar-refractivity contribution >= 4 is 15.9 Å². The number of halogens is 1. The zero-order chi connectivity index (χ0) is 12.1. The van der Waals surface area contributed by atoms with Crippen LogP contribution >= 0.6 is 15.9 Å². The topological polar surface area (TPSA) is 39.7 Å². The van der Waals surface area contributed by atoms with Gasteiger partial charge in [0.15, 0.2) is 0 Å². The van der Waals surface area contributed by atoms with Crippen LogP contribution < -0.4 is 10.2 Å². The Bertz CT molecular complexity index is 373. The highest BCUT2D eigenvalue weighted by Gasteiger charge is 2.22. The summed E-state index contributed by atoms with van der Waals surface area (Å²) in [4.78, 5) is 5.19. The van der Waals surface area contributed by atoms with Crippen LogP contribution in [0.5, 0.6) is 5.75 Å². The number of ether oxygens (including phenoxy) is 2. The van der Waals surface area contributed by atoms with E-state index in [-0.39, 0.29) is 6.10 Å². The van der Waals surface area contributed by atoms with Crippen molar-refractivity contribution in [3.05, 3.63) is 28.2 Å². The van der Waals surface area contributed by atoms with E-state index < -0.39 is 0 Å². The van der Waals surface area contributed by atoms with Gasteiger partial charge in [0, 0.05) is 18.0 Å². The lowest BCUT2D eigenvalue weighted by Crippen LogP contribution is -2.31. The summed E-state index contributed by atoms with van der Waals surface area (Å²) in [5.74, 6) is 0.969. The Morgan fingerprint density at radius 3 is 3.18 bits per heavy atom. The molecule has 0 aliphatic carbocycles. The zero-order valence-corrected chi connectivity index (χ0v) is 11.3. The van der Waals surface area contributed by atoms with Gasteiger partial charge in [-0.3, -0.25) is 4.84 Å². The number of hydrogen-bond acceptors (Lipinski definition) is 4. The summed E-state index contributed by atoms with van der Waals surface area (Å²) in [7, 11) is 1.65. The second-order valence-electron chi connectivity index (χ2n) is 3.89. The highest BCUT2D eigenvalue weighted by molar-refractivity contribution is 9.10. The Labute approximate surface area is 109 Å². The van der Waals surface area contributed by atoms with E-state index in [4.69, 9.17) is 14.3 Å². The van der Waals surface area contributed by atoms with Crippen LogP contribution in [-0.4, -0.2) is 33.0 Å². The largest absolute Gasteiger partial charge is 0.488 e. The summed E-state index contributed by atoms with van der Waals surface area (Å²) in [6, 6.07) is 6.08. The summed E-state index contributed by atoms with van der Waals surface area (Å²) in [5.41, 5.74) is 4.13. The van der Waals surface area contributed by atoms with E-state index in [1.54, 1.807) is 7.11 Å². The molecule has 0 spiro atoms. The first-order valence-corrected chi connectivity index (χ1v) is 6.37. The van der Waals surface area contributed by atoms with E-state index in [9.17, 15) is 0 Å². The molecule has 1 aliphatic heterocycles. The van der Waals surface area contributed by atoms with Gasteiger partial charge in [-0.2, -0.15) is 5.48 Å². The lowest BCUT2D eigenvalue weighted by Gasteiger charge is -2.11. The molecule has 1 unspecified atom stereocenters. The van der Waals surface area contributed by atoms with E-state index in [0.29, 0.717) is 19.8 Å². The van der Waals surface area contributed by atoms with Gasteiger partial charge in [-0.25, -0.2) is 0 Å². The van der Waals surface area contributed by atoms with Gasteiger partial charge in [0.05, 0.1) is 19.8 Å². The van der Waals surface area contributed by atoms with Crippen LogP contribution in [0.2, 0.25) is 0 Å². The predicted octanol–water partition coefficient (Wildman–Crippen LogP) is 1.92. The smallest absolute Gasteiger partial charge is 0.123 e. The summed E-state index contributed by atoms with van der Waals surface area (Å²) in [6.07, 6.45) is 1.05. The molecule has 0 amide bonds. The van der Waals surface area contributed by atoms with Crippen molar-refractivity contribution in [1.82, 2.24) is 5.48 Å². The van der Waals surface area contributed by atoms with Gasteiger partial charge >= 0.3 is 0 Å². The second kappa shape index (κ2) is 6.35. The van der Waals surface area contributed by atoms with Crippen LogP contribution in [0.15, 0.2) is 22.7 Å². The summed E-state index contributed by atoms with van der Waals surface area (Å²) in [5, 5.41) is 0. The van der Waals surface area contributed by atoms with Gasteiger partial charge < -0.3 is 9.47 Å². The lowest BCUT2D eigenvalue weighted by molar-refractivity contribution is -0.00532. The molecule has 1 atom stereocenters. The van der Waals surface area contributed by atoms with Gasteiger partial charge in [-0.15, -0.1) is 0 Å². The number of fused-ring (bicyclic) bond motifs is 1. The SMILES string of the molecule is COCCONCC1Cc2cc(Br)ccc2O1. The fraction of sp³-hybridized carbons (Fsp3) is 0.500. The van der Waals surface area contributed by atoms with Gasteiger partial charge in [0.2, 0.25) is 0 Å². The highest BCUT2D eigenvalue weighted by atomic mass is 79.9. The molecule has 0 fully saturated rings. The summed E-state index contributed by atoms with van der Waals surface area (Å²) >= 11 is 3.46. The van der Waals surface area contributed by atoms with Crippen molar-refractivity contribution in [2.24, 2.45) is 0 Å². The molecular formula is C12H16BrNO3. The molecule has 1 aliphatic rings. The molecule has 94 valence electrons. The van der Waals surface area contributed by atoms with Crippen LogP contribution in [0.1, 0.15) is 5.56 Å². The molecule has 17 heavy (non-hydrogen) atoms. The maximum Gasteiger partial charge on any atom is 0.123 e.